The predicted molar refractivity (Wildman–Crippen MR) is 73.7 cm³/mol. The molecule has 0 atom stereocenters. The van der Waals surface area contributed by atoms with Gasteiger partial charge in [0, 0.05) is 15.9 Å². The van der Waals surface area contributed by atoms with Gasteiger partial charge < -0.3 is 5.32 Å². The average Bonchev–Trinajstić information content (AvgIpc) is 2.23. The molecular weight excluding hydrogens is 334 g/mol. The van der Waals surface area contributed by atoms with Crippen molar-refractivity contribution >= 4 is 54.2 Å². The van der Waals surface area contributed by atoms with Crippen molar-refractivity contribution in [1.29, 1.82) is 0 Å². The lowest BCUT2D eigenvalue weighted by Crippen LogP contribution is -2.06. The molecule has 0 fully saturated rings. The largest absolute Gasteiger partial charge is 0.325 e. The maximum atomic E-state index is 11.0. The highest BCUT2D eigenvalue weighted by Crippen LogP contribution is 2.34. The second-order valence-electron chi connectivity index (χ2n) is 3.44. The molecule has 2 aromatic carbocycles. The summed E-state index contributed by atoms with van der Waals surface area (Å²) in [7, 11) is 0. The molecule has 1 amide bonds. The first-order valence-corrected chi connectivity index (χ1v) is 6.32. The summed E-state index contributed by atoms with van der Waals surface area (Å²) in [6, 6.07) is 9.84. The molecule has 0 radical (unpaired) electrons. The van der Waals surface area contributed by atoms with Gasteiger partial charge in [0.1, 0.15) is 0 Å². The first-order chi connectivity index (χ1) is 7.59. The molecule has 0 aromatic heterocycles. The molecule has 0 spiro atoms. The Hall–Kier alpha value is -0.870. The first-order valence-electron chi connectivity index (χ1n) is 4.74. The molecule has 0 aliphatic carbocycles. The van der Waals surface area contributed by atoms with Crippen LogP contribution in [0.4, 0.5) is 5.69 Å². The van der Waals surface area contributed by atoms with Gasteiger partial charge in [-0.1, -0.05) is 34.1 Å². The highest BCUT2D eigenvalue weighted by Gasteiger charge is 2.07. The van der Waals surface area contributed by atoms with Gasteiger partial charge in [-0.3, -0.25) is 4.79 Å². The van der Waals surface area contributed by atoms with E-state index in [4.69, 9.17) is 0 Å². The van der Waals surface area contributed by atoms with E-state index in [1.54, 1.807) is 0 Å². The molecule has 0 heterocycles. The summed E-state index contributed by atoms with van der Waals surface area (Å²) in [5, 5.41) is 4.97. The van der Waals surface area contributed by atoms with E-state index < -0.39 is 0 Å². The van der Waals surface area contributed by atoms with Crippen LogP contribution >= 0.6 is 31.9 Å². The van der Waals surface area contributed by atoms with Gasteiger partial charge in [-0.25, -0.2) is 0 Å². The number of amides is 1. The van der Waals surface area contributed by atoms with E-state index in [0.717, 1.165) is 25.4 Å². The van der Waals surface area contributed by atoms with Gasteiger partial charge >= 0.3 is 0 Å². The van der Waals surface area contributed by atoms with E-state index in [1.165, 1.54) is 6.92 Å². The monoisotopic (exact) mass is 341 g/mol. The Bertz CT molecular complexity index is 566. The molecule has 1 N–H and O–H groups in total. The number of nitrogens with one attached hydrogen (secondary N) is 1. The van der Waals surface area contributed by atoms with Crippen LogP contribution < -0.4 is 5.32 Å². The number of carbonyl (C=O) groups is 1. The van der Waals surface area contributed by atoms with Crippen LogP contribution in [0.2, 0.25) is 0 Å². The van der Waals surface area contributed by atoms with Gasteiger partial charge in [0.2, 0.25) is 5.91 Å². The van der Waals surface area contributed by atoms with Gasteiger partial charge in [0.05, 0.1) is 5.69 Å². The molecule has 2 rings (SSSR count). The van der Waals surface area contributed by atoms with Crippen LogP contribution in [0.5, 0.6) is 0 Å². The maximum absolute atomic E-state index is 11.0. The fourth-order valence-electron chi connectivity index (χ4n) is 1.57. The van der Waals surface area contributed by atoms with Gasteiger partial charge in [0.25, 0.3) is 0 Å². The Morgan fingerprint density at radius 2 is 1.88 bits per heavy atom. The van der Waals surface area contributed by atoms with Gasteiger partial charge in [-0.15, -0.1) is 0 Å². The third-order valence-electron chi connectivity index (χ3n) is 2.25. The number of carbonyl (C=O) groups excluding carboxylic acids is 1. The molecule has 0 unspecified atom stereocenters. The van der Waals surface area contributed by atoms with Crippen molar-refractivity contribution in [2.24, 2.45) is 0 Å². The summed E-state index contributed by atoms with van der Waals surface area (Å²) in [4.78, 5) is 11.0. The summed E-state index contributed by atoms with van der Waals surface area (Å²) in [5.41, 5.74) is 0.790. The summed E-state index contributed by atoms with van der Waals surface area (Å²) < 4.78 is 1.95. The van der Waals surface area contributed by atoms with E-state index in [9.17, 15) is 4.79 Å². The third kappa shape index (κ3) is 2.13. The van der Waals surface area contributed by atoms with Crippen molar-refractivity contribution in [3.05, 3.63) is 39.3 Å². The molecule has 0 aliphatic rings. The summed E-state index contributed by atoms with van der Waals surface area (Å²) >= 11 is 7.01. The Labute approximate surface area is 110 Å². The highest BCUT2D eigenvalue weighted by molar-refractivity contribution is 9.11. The maximum Gasteiger partial charge on any atom is 0.221 e. The Balaban J connectivity index is 2.65. The van der Waals surface area contributed by atoms with Crippen LogP contribution in [0.1, 0.15) is 6.92 Å². The minimum absolute atomic E-state index is 0.0740. The van der Waals surface area contributed by atoms with Crippen molar-refractivity contribution in [3.63, 3.8) is 0 Å². The quantitative estimate of drug-likeness (QED) is 0.821. The van der Waals surface area contributed by atoms with Crippen molar-refractivity contribution in [1.82, 2.24) is 0 Å². The molecule has 0 saturated carbocycles. The average molecular weight is 343 g/mol. The van der Waals surface area contributed by atoms with E-state index >= 15 is 0 Å². The summed E-state index contributed by atoms with van der Waals surface area (Å²) in [6.45, 7) is 1.50. The second kappa shape index (κ2) is 4.55. The number of halogens is 2. The van der Waals surface area contributed by atoms with Crippen LogP contribution in [0.25, 0.3) is 10.8 Å². The van der Waals surface area contributed by atoms with E-state index in [1.807, 2.05) is 30.3 Å². The van der Waals surface area contributed by atoms with E-state index in [2.05, 4.69) is 37.2 Å². The zero-order valence-electron chi connectivity index (χ0n) is 8.55. The minimum atomic E-state index is -0.0740. The fraction of sp³-hybridized carbons (Fsp3) is 0.0833. The Kier molecular flexibility index (Phi) is 3.30. The van der Waals surface area contributed by atoms with E-state index in [0.29, 0.717) is 0 Å². The standard InChI is InChI=1S/C12H9Br2NO/c1-7(16)15-11-6-5-8-9(12(11)14)3-2-4-10(8)13/h2-6H,1H3,(H,15,16). The van der Waals surface area contributed by atoms with Crippen LogP contribution in [0.3, 0.4) is 0 Å². The first kappa shape index (κ1) is 11.6. The van der Waals surface area contributed by atoms with Gasteiger partial charge in [-0.05, 0) is 38.8 Å². The number of fused-ring (bicyclic) bond motifs is 1. The van der Waals surface area contributed by atoms with Gasteiger partial charge in [-0.2, -0.15) is 0 Å². The van der Waals surface area contributed by atoms with Crippen LogP contribution in [-0.4, -0.2) is 5.91 Å². The number of rotatable bonds is 1. The molecule has 82 valence electrons. The molecule has 16 heavy (non-hydrogen) atoms. The molecular formula is C12H9Br2NO. The zero-order chi connectivity index (χ0) is 11.7. The lowest BCUT2D eigenvalue weighted by molar-refractivity contribution is -0.114. The molecule has 2 nitrogen and oxygen atoms in total. The molecule has 4 heteroatoms. The normalized spacial score (nSPS) is 10.4. The van der Waals surface area contributed by atoms with Crippen LogP contribution in [0.15, 0.2) is 39.3 Å². The fourth-order valence-corrected chi connectivity index (χ4v) is 2.64. The molecule has 0 aliphatic heterocycles. The van der Waals surface area contributed by atoms with E-state index in [-0.39, 0.29) is 5.91 Å². The number of hydrogen-bond donors (Lipinski definition) is 1. The lowest BCUT2D eigenvalue weighted by Gasteiger charge is -2.09. The molecule has 0 bridgehead atoms. The van der Waals surface area contributed by atoms with Gasteiger partial charge in [0.15, 0.2) is 0 Å². The van der Waals surface area contributed by atoms with Crippen LogP contribution in [-0.2, 0) is 4.79 Å². The number of anilines is 1. The lowest BCUT2D eigenvalue weighted by atomic mass is 10.1. The molecule has 2 aromatic rings. The Morgan fingerprint density at radius 3 is 2.56 bits per heavy atom. The van der Waals surface area contributed by atoms with Crippen molar-refractivity contribution in [2.75, 3.05) is 5.32 Å². The van der Waals surface area contributed by atoms with Crippen molar-refractivity contribution in [2.45, 2.75) is 6.92 Å². The summed E-state index contributed by atoms with van der Waals surface area (Å²) in [5.74, 6) is -0.0740. The summed E-state index contributed by atoms with van der Waals surface area (Å²) in [6.07, 6.45) is 0. The second-order valence-corrected chi connectivity index (χ2v) is 5.09. The van der Waals surface area contributed by atoms with Crippen molar-refractivity contribution < 1.29 is 4.79 Å². The molecule has 0 saturated heterocycles. The van der Waals surface area contributed by atoms with Crippen molar-refractivity contribution in [3.8, 4) is 0 Å². The third-order valence-corrected chi connectivity index (χ3v) is 3.80. The van der Waals surface area contributed by atoms with Crippen LogP contribution in [0, 0.1) is 0 Å². The topological polar surface area (TPSA) is 29.1 Å². The minimum Gasteiger partial charge on any atom is -0.325 e. The SMILES string of the molecule is CC(=O)Nc1ccc2c(Br)cccc2c1Br. The number of benzene rings is 2. The highest BCUT2D eigenvalue weighted by atomic mass is 79.9. The predicted octanol–water partition coefficient (Wildman–Crippen LogP) is 4.32. The number of hydrogen-bond acceptors (Lipinski definition) is 1. The smallest absolute Gasteiger partial charge is 0.221 e. The zero-order valence-corrected chi connectivity index (χ0v) is 11.7. The Morgan fingerprint density at radius 1 is 1.12 bits per heavy atom.